The summed E-state index contributed by atoms with van der Waals surface area (Å²) in [4.78, 5) is 35.4. The zero-order chi connectivity index (χ0) is 25.3. The molecule has 0 bridgehead atoms. The van der Waals surface area contributed by atoms with Gasteiger partial charge in [-0.1, -0.05) is 30.3 Å². The largest absolute Gasteiger partial charge is 0.366 e. The first kappa shape index (κ1) is 24.2. The first-order valence-corrected chi connectivity index (χ1v) is 12.3. The van der Waals surface area contributed by atoms with E-state index in [-0.39, 0.29) is 18.9 Å². The maximum atomic E-state index is 13.4. The van der Waals surface area contributed by atoms with Gasteiger partial charge in [0.1, 0.15) is 17.9 Å². The van der Waals surface area contributed by atoms with Gasteiger partial charge in [-0.25, -0.2) is 18.7 Å². The van der Waals surface area contributed by atoms with E-state index in [4.69, 9.17) is 5.73 Å². The number of hydrogen-bond donors (Lipinski definition) is 2. The van der Waals surface area contributed by atoms with Crippen molar-refractivity contribution in [1.29, 1.82) is 0 Å². The van der Waals surface area contributed by atoms with Gasteiger partial charge < -0.3 is 16.0 Å². The van der Waals surface area contributed by atoms with E-state index >= 15 is 0 Å². The van der Waals surface area contributed by atoms with E-state index in [1.807, 2.05) is 24.3 Å². The van der Waals surface area contributed by atoms with Crippen LogP contribution in [0, 0.1) is 5.92 Å². The molecule has 1 saturated carbocycles. The molecule has 3 N–H and O–H groups in total. The third kappa shape index (κ3) is 5.21. The van der Waals surface area contributed by atoms with E-state index < -0.39 is 23.5 Å². The Morgan fingerprint density at radius 1 is 1.14 bits per heavy atom. The van der Waals surface area contributed by atoms with Crippen molar-refractivity contribution in [3.8, 4) is 0 Å². The van der Waals surface area contributed by atoms with Crippen molar-refractivity contribution >= 4 is 28.4 Å². The summed E-state index contributed by atoms with van der Waals surface area (Å²) in [5.74, 6) is -4.41. The van der Waals surface area contributed by atoms with Crippen LogP contribution < -0.4 is 11.1 Å². The number of alkyl halides is 2. The fraction of sp³-hybridized carbons (Fsp3) is 0.407. The molecule has 2 heterocycles. The maximum Gasteiger partial charge on any atom is 0.258 e. The number of Topliss-reactive ketones (excluding diaryl/α,β-unsaturated/α-hetero) is 1. The fourth-order valence-electron chi connectivity index (χ4n) is 5.01. The summed E-state index contributed by atoms with van der Waals surface area (Å²) < 4.78 is 26.8. The smallest absolute Gasteiger partial charge is 0.258 e. The first-order chi connectivity index (χ1) is 17.3. The maximum absolute atomic E-state index is 13.4. The summed E-state index contributed by atoms with van der Waals surface area (Å²) in [7, 11) is 0. The second-order valence-electron chi connectivity index (χ2n) is 9.73. The van der Waals surface area contributed by atoms with Crippen LogP contribution in [0.15, 0.2) is 48.8 Å². The number of nitrogens with zero attached hydrogens (tertiary/aromatic N) is 3. The van der Waals surface area contributed by atoms with Crippen LogP contribution in [-0.2, 0) is 11.2 Å². The van der Waals surface area contributed by atoms with Crippen LogP contribution in [0.1, 0.15) is 53.2 Å². The molecule has 2 atom stereocenters. The second-order valence-corrected chi connectivity index (χ2v) is 9.73. The minimum Gasteiger partial charge on any atom is -0.366 e. The molecule has 1 aliphatic carbocycles. The molecule has 1 aliphatic heterocycles. The number of carbonyl (C=O) groups is 2. The van der Waals surface area contributed by atoms with Crippen LogP contribution in [0.4, 0.5) is 14.6 Å². The molecular formula is C27H29F2N5O2. The van der Waals surface area contributed by atoms with E-state index in [1.165, 1.54) is 19.2 Å². The van der Waals surface area contributed by atoms with Gasteiger partial charge in [0.15, 0.2) is 0 Å². The van der Waals surface area contributed by atoms with E-state index in [0.29, 0.717) is 22.3 Å². The number of amides is 1. The number of benzene rings is 2. The van der Waals surface area contributed by atoms with Crippen LogP contribution in [0.25, 0.3) is 10.9 Å². The highest BCUT2D eigenvalue weighted by atomic mass is 19.3. The number of likely N-dealkylation sites (tertiary alicyclic amines) is 1. The van der Waals surface area contributed by atoms with Crippen LogP contribution in [0.2, 0.25) is 0 Å². The number of halogens is 2. The quantitative estimate of drug-likeness (QED) is 0.440. The molecule has 0 radical (unpaired) electrons. The summed E-state index contributed by atoms with van der Waals surface area (Å²) in [5, 5.41) is 4.20. The molecule has 2 aliphatic rings. The van der Waals surface area contributed by atoms with Gasteiger partial charge in [-0.15, -0.1) is 0 Å². The molecule has 2 unspecified atom stereocenters. The van der Waals surface area contributed by atoms with Gasteiger partial charge in [0.2, 0.25) is 0 Å². The third-order valence-electron chi connectivity index (χ3n) is 7.12. The monoisotopic (exact) mass is 493 g/mol. The number of primary amides is 1. The van der Waals surface area contributed by atoms with Gasteiger partial charge in [0, 0.05) is 24.8 Å². The molecule has 188 valence electrons. The van der Waals surface area contributed by atoms with Crippen molar-refractivity contribution in [2.75, 3.05) is 25.0 Å². The predicted octanol–water partition coefficient (Wildman–Crippen LogP) is 4.13. The Balaban J connectivity index is 1.42. The Kier molecular flexibility index (Phi) is 6.66. The highest BCUT2D eigenvalue weighted by molar-refractivity contribution is 6.06. The van der Waals surface area contributed by atoms with Crippen molar-refractivity contribution in [3.63, 3.8) is 0 Å². The SMILES string of the molecule is NC(=O)c1cccc2c(NC(CCN3CCCC3)c3cccc(CC(=O)C4CC4(F)F)c3)ncnc12. The molecule has 1 saturated heterocycles. The fourth-order valence-corrected chi connectivity index (χ4v) is 5.01. The lowest BCUT2D eigenvalue weighted by molar-refractivity contribution is -0.121. The zero-order valence-corrected chi connectivity index (χ0v) is 19.9. The van der Waals surface area contributed by atoms with E-state index in [1.54, 1.807) is 18.2 Å². The van der Waals surface area contributed by atoms with Gasteiger partial charge in [-0.05, 0) is 55.6 Å². The van der Waals surface area contributed by atoms with Gasteiger partial charge in [-0.3, -0.25) is 9.59 Å². The van der Waals surface area contributed by atoms with Crippen molar-refractivity contribution in [3.05, 3.63) is 65.5 Å². The lowest BCUT2D eigenvalue weighted by Crippen LogP contribution is -2.24. The lowest BCUT2D eigenvalue weighted by atomic mass is 9.97. The van der Waals surface area contributed by atoms with Crippen LogP contribution >= 0.6 is 0 Å². The second kappa shape index (κ2) is 9.89. The summed E-state index contributed by atoms with van der Waals surface area (Å²) >= 11 is 0. The third-order valence-corrected chi connectivity index (χ3v) is 7.12. The lowest BCUT2D eigenvalue weighted by Gasteiger charge is -2.24. The summed E-state index contributed by atoms with van der Waals surface area (Å²) in [5.41, 5.74) is 8.00. The molecule has 7 nitrogen and oxygen atoms in total. The Bertz CT molecular complexity index is 1290. The molecule has 2 fully saturated rings. The van der Waals surface area contributed by atoms with Crippen molar-refractivity contribution in [2.24, 2.45) is 11.7 Å². The summed E-state index contributed by atoms with van der Waals surface area (Å²) in [6.07, 6.45) is 4.20. The van der Waals surface area contributed by atoms with Crippen LogP contribution in [0.3, 0.4) is 0 Å². The molecule has 3 aromatic rings. The molecule has 0 spiro atoms. The number of nitrogens with two attached hydrogens (primary N) is 1. The number of hydrogen-bond acceptors (Lipinski definition) is 6. The minimum atomic E-state index is -2.85. The van der Waals surface area contributed by atoms with Crippen LogP contribution in [-0.4, -0.2) is 52.1 Å². The molecule has 5 rings (SSSR count). The summed E-state index contributed by atoms with van der Waals surface area (Å²) in [6.45, 7) is 3.01. The van der Waals surface area contributed by atoms with E-state index in [2.05, 4.69) is 20.2 Å². The molecule has 1 aromatic heterocycles. The van der Waals surface area contributed by atoms with Crippen molar-refractivity contribution in [1.82, 2.24) is 14.9 Å². The van der Waals surface area contributed by atoms with Crippen LogP contribution in [0.5, 0.6) is 0 Å². The number of carbonyl (C=O) groups excluding carboxylic acids is 2. The van der Waals surface area contributed by atoms with E-state index in [9.17, 15) is 18.4 Å². The normalized spacial score (nSPS) is 19.8. The predicted molar refractivity (Wildman–Crippen MR) is 133 cm³/mol. The molecule has 9 heteroatoms. The number of ketones is 1. The van der Waals surface area contributed by atoms with Crippen molar-refractivity contribution < 1.29 is 18.4 Å². The molecule has 36 heavy (non-hydrogen) atoms. The Labute approximate surface area is 208 Å². The minimum absolute atomic E-state index is 0.00858. The Morgan fingerprint density at radius 3 is 2.61 bits per heavy atom. The Morgan fingerprint density at radius 2 is 1.89 bits per heavy atom. The van der Waals surface area contributed by atoms with Gasteiger partial charge in [-0.2, -0.15) is 0 Å². The molecule has 1 amide bonds. The van der Waals surface area contributed by atoms with Gasteiger partial charge >= 0.3 is 0 Å². The highest BCUT2D eigenvalue weighted by Gasteiger charge is 2.60. The van der Waals surface area contributed by atoms with Crippen molar-refractivity contribution in [2.45, 2.75) is 44.1 Å². The molecule has 2 aromatic carbocycles. The first-order valence-electron chi connectivity index (χ1n) is 12.3. The number of nitrogens with one attached hydrogen (secondary N) is 1. The highest BCUT2D eigenvalue weighted by Crippen LogP contribution is 2.49. The summed E-state index contributed by atoms with van der Waals surface area (Å²) in [6, 6.07) is 12.6. The average Bonchev–Trinajstić information content (AvgIpc) is 3.23. The zero-order valence-electron chi connectivity index (χ0n) is 19.9. The molecular weight excluding hydrogens is 464 g/mol. The number of rotatable bonds is 10. The number of fused-ring (bicyclic) bond motifs is 1. The van der Waals surface area contributed by atoms with Gasteiger partial charge in [0.25, 0.3) is 11.8 Å². The van der Waals surface area contributed by atoms with Gasteiger partial charge in [0.05, 0.1) is 23.0 Å². The topological polar surface area (TPSA) is 101 Å². The Hall–Kier alpha value is -3.46. The standard InChI is InChI=1S/C27H29F2N5O2/c28-27(29)15-21(27)23(35)14-17-5-3-6-18(13-17)22(9-12-34-10-1-2-11-34)33-26-20-8-4-7-19(25(30)36)24(20)31-16-32-26/h3-8,13,16,21-22H,1-2,9-12,14-15H2,(H2,30,36)(H,31,32,33). The number of anilines is 1. The van der Waals surface area contributed by atoms with E-state index in [0.717, 1.165) is 37.2 Å². The average molecular weight is 494 g/mol. The number of aromatic nitrogens is 2. The number of para-hydroxylation sites is 1.